The minimum Gasteiger partial charge on any atom is -0.211 e. The second-order valence-electron chi connectivity index (χ2n) is 4.14. The second-order valence-corrected chi connectivity index (χ2v) is 4.58. The first-order valence-electron chi connectivity index (χ1n) is 5.59. The number of halogens is 3. The minimum atomic E-state index is -0.518. The van der Waals surface area contributed by atoms with Gasteiger partial charge in [-0.15, -0.1) is 0 Å². The van der Waals surface area contributed by atoms with Crippen molar-refractivity contribution in [2.24, 2.45) is 0 Å². The molecule has 0 heterocycles. The average Bonchev–Trinajstić information content (AvgIpc) is 2.32. The van der Waals surface area contributed by atoms with Crippen LogP contribution in [0.2, 0.25) is 5.02 Å². The van der Waals surface area contributed by atoms with Crippen LogP contribution in [0.15, 0.2) is 53.1 Å². The van der Waals surface area contributed by atoms with E-state index in [-0.39, 0.29) is 6.42 Å². The number of allylic oxidation sites excluding steroid dienone is 5. The molecule has 1 aromatic rings. The van der Waals surface area contributed by atoms with Gasteiger partial charge in [-0.1, -0.05) is 29.8 Å². The summed E-state index contributed by atoms with van der Waals surface area (Å²) >= 11 is 5.79. The molecule has 0 bridgehead atoms. The van der Waals surface area contributed by atoms with Crippen molar-refractivity contribution >= 4 is 17.7 Å². The Kier molecular flexibility index (Phi) is 3.97. The summed E-state index contributed by atoms with van der Waals surface area (Å²) in [5, 5.41) is 0.659. The molecule has 1 aliphatic rings. The molecule has 18 heavy (non-hydrogen) atoms. The van der Waals surface area contributed by atoms with Gasteiger partial charge in [-0.2, -0.15) is 0 Å². The van der Waals surface area contributed by atoms with Gasteiger partial charge in [-0.05, 0) is 42.2 Å². The summed E-state index contributed by atoms with van der Waals surface area (Å²) < 4.78 is 26.4. The molecule has 0 unspecified atom stereocenters. The Bertz CT molecular complexity index is 536. The Morgan fingerprint density at radius 1 is 1.22 bits per heavy atom. The van der Waals surface area contributed by atoms with Gasteiger partial charge in [0.2, 0.25) is 0 Å². The normalized spacial score (nSPS) is 16.9. The monoisotopic (exact) mass is 265 g/mol. The van der Waals surface area contributed by atoms with Crippen molar-refractivity contribution in [1.29, 1.82) is 0 Å². The van der Waals surface area contributed by atoms with Crippen LogP contribution >= 0.6 is 11.6 Å². The molecule has 0 fully saturated rings. The third-order valence-corrected chi connectivity index (χ3v) is 3.04. The van der Waals surface area contributed by atoms with Crippen LogP contribution in [-0.4, -0.2) is 0 Å². The van der Waals surface area contributed by atoms with Gasteiger partial charge in [0, 0.05) is 17.5 Å². The maximum Gasteiger partial charge on any atom is 0.129 e. The molecule has 0 saturated carbocycles. The Hall–Kier alpha value is -1.41. The van der Waals surface area contributed by atoms with Gasteiger partial charge >= 0.3 is 0 Å². The van der Waals surface area contributed by atoms with Crippen molar-refractivity contribution in [2.45, 2.75) is 13.3 Å². The quantitative estimate of drug-likeness (QED) is 0.669. The van der Waals surface area contributed by atoms with Crippen LogP contribution in [-0.2, 0) is 0 Å². The van der Waals surface area contributed by atoms with E-state index in [1.165, 1.54) is 6.42 Å². The molecule has 0 saturated heterocycles. The van der Waals surface area contributed by atoms with E-state index in [0.717, 1.165) is 17.2 Å². The highest BCUT2D eigenvalue weighted by Gasteiger charge is 2.14. The molecule has 0 aromatic heterocycles. The van der Waals surface area contributed by atoms with E-state index in [1.54, 1.807) is 12.1 Å². The van der Waals surface area contributed by atoms with Crippen LogP contribution in [0.5, 0.6) is 0 Å². The van der Waals surface area contributed by atoms with Gasteiger partial charge < -0.3 is 0 Å². The molecule has 1 radical (unpaired) electrons. The third-order valence-electron chi connectivity index (χ3n) is 2.78. The molecule has 0 atom stereocenters. The number of rotatable bonds is 2. The van der Waals surface area contributed by atoms with Gasteiger partial charge in [0.1, 0.15) is 11.7 Å². The Morgan fingerprint density at radius 2 is 1.89 bits per heavy atom. The van der Waals surface area contributed by atoms with Gasteiger partial charge in [0.15, 0.2) is 0 Å². The van der Waals surface area contributed by atoms with Crippen LogP contribution in [0.25, 0.3) is 6.08 Å². The fourth-order valence-electron chi connectivity index (χ4n) is 1.81. The molecule has 0 N–H and O–H groups in total. The second kappa shape index (κ2) is 5.49. The molecule has 3 heteroatoms. The van der Waals surface area contributed by atoms with Crippen LogP contribution in [0.4, 0.5) is 8.78 Å². The summed E-state index contributed by atoms with van der Waals surface area (Å²) in [5.74, 6) is -1.02. The third kappa shape index (κ3) is 3.08. The van der Waals surface area contributed by atoms with Crippen molar-refractivity contribution in [1.82, 2.24) is 0 Å². The number of hydrogen-bond acceptors (Lipinski definition) is 0. The zero-order chi connectivity index (χ0) is 13.1. The summed E-state index contributed by atoms with van der Waals surface area (Å²) in [5.41, 5.74) is 2.24. The van der Waals surface area contributed by atoms with Gasteiger partial charge in [-0.25, -0.2) is 8.78 Å². The molecule has 0 aliphatic heterocycles. The fraction of sp³-hybridized carbons (Fsp3) is 0.133. The van der Waals surface area contributed by atoms with Gasteiger partial charge in [0.25, 0.3) is 0 Å². The van der Waals surface area contributed by atoms with E-state index in [0.29, 0.717) is 10.6 Å². The highest BCUT2D eigenvalue weighted by molar-refractivity contribution is 6.30. The predicted octanol–water partition coefficient (Wildman–Crippen LogP) is 5.43. The predicted molar refractivity (Wildman–Crippen MR) is 71.3 cm³/mol. The standard InChI is InChI=1S/C15H12ClF2/c1-10(8-11-2-4-12(16)5-3-11)14-7-6-13(17)9-15(14)18/h2-6,8-9H,7H2,1H3. The lowest BCUT2D eigenvalue weighted by Crippen LogP contribution is -1.96. The largest absolute Gasteiger partial charge is 0.211 e. The summed E-state index contributed by atoms with van der Waals surface area (Å²) in [7, 11) is 0. The first kappa shape index (κ1) is 13.0. The topological polar surface area (TPSA) is 0 Å². The van der Waals surface area contributed by atoms with Crippen molar-refractivity contribution in [3.8, 4) is 0 Å². The highest BCUT2D eigenvalue weighted by Crippen LogP contribution is 2.30. The SMILES string of the molecule is CC(=Cc1ccc(Cl)cc1)C1=C(F)C=C(F)[CH]C1. The maximum absolute atomic E-state index is 13.6. The maximum atomic E-state index is 13.6. The smallest absolute Gasteiger partial charge is 0.129 e. The van der Waals surface area contributed by atoms with E-state index in [9.17, 15) is 8.78 Å². The van der Waals surface area contributed by atoms with Crippen molar-refractivity contribution in [3.05, 3.63) is 70.1 Å². The lowest BCUT2D eigenvalue weighted by molar-refractivity contribution is 0.593. The molecular weight excluding hydrogens is 254 g/mol. The molecule has 1 aliphatic carbocycles. The summed E-state index contributed by atoms with van der Waals surface area (Å²) in [6.45, 7) is 1.81. The van der Waals surface area contributed by atoms with E-state index in [1.807, 2.05) is 25.1 Å². The fourth-order valence-corrected chi connectivity index (χ4v) is 1.94. The first-order chi connectivity index (χ1) is 8.56. The highest BCUT2D eigenvalue weighted by atomic mass is 35.5. The minimum absolute atomic E-state index is 0.282. The molecule has 0 nitrogen and oxygen atoms in total. The van der Waals surface area contributed by atoms with Crippen molar-refractivity contribution in [3.63, 3.8) is 0 Å². The van der Waals surface area contributed by atoms with E-state index >= 15 is 0 Å². The van der Waals surface area contributed by atoms with Crippen LogP contribution in [0.3, 0.4) is 0 Å². The molecule has 93 valence electrons. The van der Waals surface area contributed by atoms with Crippen molar-refractivity contribution in [2.75, 3.05) is 0 Å². The molecule has 1 aromatic carbocycles. The van der Waals surface area contributed by atoms with Gasteiger partial charge in [0.05, 0.1) is 0 Å². The summed E-state index contributed by atoms with van der Waals surface area (Å²) in [6, 6.07) is 7.26. The number of hydrogen-bond donors (Lipinski definition) is 0. The zero-order valence-corrected chi connectivity index (χ0v) is 10.6. The summed E-state index contributed by atoms with van der Waals surface area (Å²) in [6.07, 6.45) is 4.43. The first-order valence-corrected chi connectivity index (χ1v) is 5.97. The van der Waals surface area contributed by atoms with Crippen LogP contribution in [0.1, 0.15) is 18.9 Å². The van der Waals surface area contributed by atoms with Crippen LogP contribution < -0.4 is 0 Å². The van der Waals surface area contributed by atoms with Crippen molar-refractivity contribution < 1.29 is 8.78 Å². The Labute approximate surface area is 110 Å². The van der Waals surface area contributed by atoms with Crippen LogP contribution in [0, 0.1) is 6.42 Å². The van der Waals surface area contributed by atoms with Gasteiger partial charge in [-0.3, -0.25) is 0 Å². The van der Waals surface area contributed by atoms with E-state index < -0.39 is 11.7 Å². The zero-order valence-electron chi connectivity index (χ0n) is 9.88. The van der Waals surface area contributed by atoms with E-state index in [2.05, 4.69) is 0 Å². The molecular formula is C15H12ClF2. The molecule has 0 amide bonds. The lowest BCUT2D eigenvalue weighted by Gasteiger charge is -2.12. The number of benzene rings is 1. The summed E-state index contributed by atoms with van der Waals surface area (Å²) in [4.78, 5) is 0. The molecule has 2 rings (SSSR count). The van der Waals surface area contributed by atoms with E-state index in [4.69, 9.17) is 11.6 Å². The average molecular weight is 266 g/mol. The molecule has 0 spiro atoms. The lowest BCUT2D eigenvalue weighted by atomic mass is 9.95. The Balaban J connectivity index is 2.29. The Morgan fingerprint density at radius 3 is 2.50 bits per heavy atom.